The summed E-state index contributed by atoms with van der Waals surface area (Å²) in [5.74, 6) is -0.426. The molecule has 0 saturated carbocycles. The maximum Gasteiger partial charge on any atom is 0.264 e. The van der Waals surface area contributed by atoms with E-state index >= 15 is 0 Å². The van der Waals surface area contributed by atoms with E-state index < -0.39 is 46.7 Å². The van der Waals surface area contributed by atoms with Gasteiger partial charge in [0.05, 0.1) is 18.9 Å². The van der Waals surface area contributed by atoms with Crippen molar-refractivity contribution in [3.05, 3.63) is 46.3 Å². The van der Waals surface area contributed by atoms with E-state index in [9.17, 15) is 13.2 Å². The summed E-state index contributed by atoms with van der Waals surface area (Å²) in [6, 6.07) is 7.54. The zero-order chi connectivity index (χ0) is 20.7. The first-order valence-electron chi connectivity index (χ1n) is 8.26. The largest absolute Gasteiger partial charge is 0.376 e. The van der Waals surface area contributed by atoms with Gasteiger partial charge in [0.2, 0.25) is 0 Å². The lowest BCUT2D eigenvalue weighted by molar-refractivity contribution is -0.251. The number of hydrogen-bond acceptors (Lipinski definition) is 8. The second-order valence-corrected chi connectivity index (χ2v) is 7.62. The second kappa shape index (κ2) is 9.82. The minimum absolute atomic E-state index is 0.213. The van der Waals surface area contributed by atoms with Crippen molar-refractivity contribution in [1.82, 2.24) is 5.32 Å². The number of hydrogen-bond donors (Lipinski definition) is 1. The Morgan fingerprint density at radius 3 is 2.46 bits per heavy atom. The van der Waals surface area contributed by atoms with E-state index in [-0.39, 0.29) is 6.54 Å². The molecular formula is C16H22N4O7S. The number of carbonyl (C=O) groups excluding carboxylic acids is 1. The number of rotatable bonds is 8. The summed E-state index contributed by atoms with van der Waals surface area (Å²) in [7, 11) is -1.20. The van der Waals surface area contributed by atoms with Gasteiger partial charge in [0.25, 0.3) is 16.0 Å². The van der Waals surface area contributed by atoms with Crippen LogP contribution in [0.4, 0.5) is 0 Å². The van der Waals surface area contributed by atoms with Gasteiger partial charge in [-0.05, 0) is 17.7 Å². The predicted molar refractivity (Wildman–Crippen MR) is 97.9 cm³/mol. The quantitative estimate of drug-likeness (QED) is 0.286. The number of benzene rings is 1. The van der Waals surface area contributed by atoms with Gasteiger partial charge in [0.15, 0.2) is 6.29 Å². The summed E-state index contributed by atoms with van der Waals surface area (Å²) < 4.78 is 45.0. The summed E-state index contributed by atoms with van der Waals surface area (Å²) in [5.41, 5.74) is 8.98. The number of amides is 1. The fourth-order valence-corrected chi connectivity index (χ4v) is 3.58. The maximum absolute atomic E-state index is 12.6. The van der Waals surface area contributed by atoms with E-state index in [0.717, 1.165) is 6.26 Å². The van der Waals surface area contributed by atoms with Gasteiger partial charge in [-0.1, -0.05) is 23.3 Å². The van der Waals surface area contributed by atoms with E-state index in [2.05, 4.69) is 15.3 Å². The highest BCUT2D eigenvalue weighted by Gasteiger charge is 2.49. The molecule has 1 aliphatic rings. The molecule has 0 radical (unpaired) electrons. The first-order chi connectivity index (χ1) is 13.3. The highest BCUT2D eigenvalue weighted by atomic mass is 32.2. The lowest BCUT2D eigenvalue weighted by atomic mass is 9.96. The van der Waals surface area contributed by atoms with E-state index in [1.807, 2.05) is 0 Å². The van der Waals surface area contributed by atoms with Gasteiger partial charge in [-0.2, -0.15) is 8.42 Å². The van der Waals surface area contributed by atoms with Crippen molar-refractivity contribution in [2.75, 3.05) is 27.0 Å². The Morgan fingerprint density at radius 2 is 1.93 bits per heavy atom. The monoisotopic (exact) mass is 414 g/mol. The third-order valence-corrected chi connectivity index (χ3v) is 4.67. The molecule has 0 bridgehead atoms. The average molecular weight is 414 g/mol. The van der Waals surface area contributed by atoms with Crippen molar-refractivity contribution in [1.29, 1.82) is 0 Å². The SMILES string of the molecule is CO[C@@H]1O[C@H](CN=[N+]=[N-])[C@H](OS(C)(=O)=O)[C@H](OC)[C@H]1NC(=O)c1ccccc1. The van der Waals surface area contributed by atoms with Crippen LogP contribution in [0.25, 0.3) is 10.4 Å². The van der Waals surface area contributed by atoms with Gasteiger partial charge >= 0.3 is 0 Å². The Kier molecular flexibility index (Phi) is 7.75. The fraction of sp³-hybridized carbons (Fsp3) is 0.562. The number of ether oxygens (including phenoxy) is 3. The van der Waals surface area contributed by atoms with Crippen LogP contribution in [0.1, 0.15) is 10.4 Å². The third kappa shape index (κ3) is 5.64. The molecule has 28 heavy (non-hydrogen) atoms. The summed E-state index contributed by atoms with van der Waals surface area (Å²) in [5, 5.41) is 6.17. The molecule has 12 heteroatoms. The average Bonchev–Trinajstić information content (AvgIpc) is 2.67. The molecule has 1 aromatic carbocycles. The maximum atomic E-state index is 12.6. The van der Waals surface area contributed by atoms with E-state index in [1.54, 1.807) is 30.3 Å². The van der Waals surface area contributed by atoms with Crippen molar-refractivity contribution in [3.8, 4) is 0 Å². The minimum Gasteiger partial charge on any atom is -0.376 e. The Balaban J connectivity index is 2.33. The Hall–Kier alpha value is -2.21. The van der Waals surface area contributed by atoms with Crippen LogP contribution >= 0.6 is 0 Å². The number of methoxy groups -OCH3 is 2. The molecule has 154 valence electrons. The molecule has 1 N–H and O–H groups in total. The fourth-order valence-electron chi connectivity index (χ4n) is 2.94. The first kappa shape index (κ1) is 22.1. The molecule has 5 atom stereocenters. The Bertz CT molecular complexity index is 814. The van der Waals surface area contributed by atoms with Crippen LogP contribution in [0.5, 0.6) is 0 Å². The molecule has 1 aliphatic heterocycles. The molecule has 2 rings (SSSR count). The van der Waals surface area contributed by atoms with Crippen LogP contribution in [0, 0.1) is 0 Å². The highest BCUT2D eigenvalue weighted by Crippen LogP contribution is 2.28. The minimum atomic E-state index is -3.90. The molecule has 1 fully saturated rings. The molecular weight excluding hydrogens is 392 g/mol. The van der Waals surface area contributed by atoms with Crippen molar-refractivity contribution < 1.29 is 31.6 Å². The first-order valence-corrected chi connectivity index (χ1v) is 10.1. The third-order valence-electron chi connectivity index (χ3n) is 4.10. The standard InChI is InChI=1S/C16H22N4O7S/c1-24-14-12(19-15(21)10-7-5-4-6-8-10)16(25-2)26-11(9-18-20-17)13(14)27-28(3,22)23/h4-8,11-14,16H,9H2,1-3H3,(H,19,21)/t11-,12-,13+,14-,16-/m1/s1. The van der Waals surface area contributed by atoms with Crippen LogP contribution in [0.3, 0.4) is 0 Å². The Morgan fingerprint density at radius 1 is 1.25 bits per heavy atom. The molecule has 1 aromatic rings. The second-order valence-electron chi connectivity index (χ2n) is 6.02. The summed E-state index contributed by atoms with van der Waals surface area (Å²) in [6.07, 6.45) is -3.20. The van der Waals surface area contributed by atoms with Gasteiger partial charge in [-0.15, -0.1) is 0 Å². The van der Waals surface area contributed by atoms with Gasteiger partial charge in [-0.3, -0.25) is 8.98 Å². The van der Waals surface area contributed by atoms with E-state index in [0.29, 0.717) is 5.56 Å². The molecule has 1 saturated heterocycles. The number of azide groups is 1. The van der Waals surface area contributed by atoms with Crippen LogP contribution in [0.15, 0.2) is 35.4 Å². The van der Waals surface area contributed by atoms with Gasteiger partial charge in [0.1, 0.15) is 18.2 Å². The van der Waals surface area contributed by atoms with Crippen molar-refractivity contribution >= 4 is 16.0 Å². The molecule has 1 heterocycles. The number of nitrogens with zero attached hydrogens (tertiary/aromatic N) is 3. The van der Waals surface area contributed by atoms with Crippen LogP contribution in [-0.4, -0.2) is 72.0 Å². The number of nitrogens with one attached hydrogen (secondary N) is 1. The highest BCUT2D eigenvalue weighted by molar-refractivity contribution is 7.86. The molecule has 0 aromatic heterocycles. The summed E-state index contributed by atoms with van der Waals surface area (Å²) in [4.78, 5) is 15.2. The molecule has 11 nitrogen and oxygen atoms in total. The zero-order valence-corrected chi connectivity index (χ0v) is 16.4. The molecule has 0 unspecified atom stereocenters. The van der Waals surface area contributed by atoms with Gasteiger partial charge in [0, 0.05) is 24.7 Å². The molecule has 1 amide bonds. The lowest BCUT2D eigenvalue weighted by Gasteiger charge is -2.44. The molecule has 0 aliphatic carbocycles. The Labute approximate surface area is 162 Å². The lowest BCUT2D eigenvalue weighted by Crippen LogP contribution is -2.65. The predicted octanol–water partition coefficient (Wildman–Crippen LogP) is 0.826. The van der Waals surface area contributed by atoms with Gasteiger partial charge in [-0.25, -0.2) is 0 Å². The van der Waals surface area contributed by atoms with Crippen molar-refractivity contribution in [3.63, 3.8) is 0 Å². The molecule has 0 spiro atoms. The van der Waals surface area contributed by atoms with Crippen molar-refractivity contribution in [2.45, 2.75) is 30.6 Å². The topological polar surface area (TPSA) is 149 Å². The summed E-state index contributed by atoms with van der Waals surface area (Å²) in [6.45, 7) is -0.213. The van der Waals surface area contributed by atoms with Crippen LogP contribution in [0.2, 0.25) is 0 Å². The van der Waals surface area contributed by atoms with E-state index in [1.165, 1.54) is 14.2 Å². The normalized spacial score (nSPS) is 27.6. The summed E-state index contributed by atoms with van der Waals surface area (Å²) >= 11 is 0. The van der Waals surface area contributed by atoms with Gasteiger partial charge < -0.3 is 19.5 Å². The number of carbonyl (C=O) groups is 1. The zero-order valence-electron chi connectivity index (χ0n) is 15.6. The van der Waals surface area contributed by atoms with Crippen LogP contribution < -0.4 is 5.32 Å². The smallest absolute Gasteiger partial charge is 0.264 e. The van der Waals surface area contributed by atoms with E-state index in [4.69, 9.17) is 23.9 Å². The van der Waals surface area contributed by atoms with Crippen molar-refractivity contribution in [2.24, 2.45) is 5.11 Å². The van der Waals surface area contributed by atoms with Crippen LogP contribution in [-0.2, 0) is 28.5 Å².